The molecule has 2 aromatic heterocycles. The molecule has 1 saturated heterocycles. The molecule has 0 saturated carbocycles. The summed E-state index contributed by atoms with van der Waals surface area (Å²) in [5.41, 5.74) is -2.15. The van der Waals surface area contributed by atoms with Gasteiger partial charge in [-0.3, -0.25) is 18.5 Å². The van der Waals surface area contributed by atoms with Crippen molar-refractivity contribution in [2.45, 2.75) is 37.4 Å². The molecule has 5 N–H and O–H groups in total. The predicted molar refractivity (Wildman–Crippen MR) is 120 cm³/mol. The molecule has 3 heterocycles. The molecule has 40 heavy (non-hydrogen) atoms. The summed E-state index contributed by atoms with van der Waals surface area (Å²) in [6, 6.07) is 3.91. The zero-order chi connectivity index (χ0) is 29.6. The van der Waals surface area contributed by atoms with Crippen LogP contribution in [-0.2, 0) is 29.2 Å². The first kappa shape index (κ1) is 30.1. The van der Waals surface area contributed by atoms with Gasteiger partial charge in [-0.2, -0.15) is 4.31 Å². The third-order valence-corrected chi connectivity index (χ3v) is 7.53. The second kappa shape index (κ2) is 10.8. The van der Waals surface area contributed by atoms with Gasteiger partial charge in [0, 0.05) is 23.7 Å². The fourth-order valence-corrected chi connectivity index (χ4v) is 5.32. The first-order valence-electron chi connectivity index (χ1n) is 10.7. The summed E-state index contributed by atoms with van der Waals surface area (Å²) in [6.45, 7) is -1.57. The van der Waals surface area contributed by atoms with Crippen LogP contribution < -0.4 is 16.0 Å². The molecule has 1 unspecified atom stereocenters. The number of nitrogens with zero attached hydrogens (tertiary/aromatic N) is 3. The van der Waals surface area contributed by atoms with Crippen molar-refractivity contribution in [3.63, 3.8) is 0 Å². The molecule has 0 radical (unpaired) electrons. The summed E-state index contributed by atoms with van der Waals surface area (Å²) in [7, 11) is -10.8. The van der Waals surface area contributed by atoms with Crippen LogP contribution in [0.3, 0.4) is 0 Å². The van der Waals surface area contributed by atoms with Gasteiger partial charge in [0.2, 0.25) is 0 Å². The highest BCUT2D eigenvalue weighted by atomic mass is 31.3. The molecule has 22 heteroatoms. The van der Waals surface area contributed by atoms with Gasteiger partial charge in [-0.15, -0.1) is 13.2 Å². The lowest BCUT2D eigenvalue weighted by Gasteiger charge is -2.19. The van der Waals surface area contributed by atoms with Gasteiger partial charge in [0.15, 0.2) is 11.8 Å². The highest BCUT2D eigenvalue weighted by molar-refractivity contribution is 7.60. The van der Waals surface area contributed by atoms with Gasteiger partial charge >= 0.3 is 27.7 Å². The molecule has 0 amide bonds. The summed E-state index contributed by atoms with van der Waals surface area (Å²) in [4.78, 5) is 52.2. The third-order valence-electron chi connectivity index (χ3n) is 5.38. The van der Waals surface area contributed by atoms with E-state index < -0.39 is 76.7 Å². The first-order valence-corrected chi connectivity index (χ1v) is 13.7. The van der Waals surface area contributed by atoms with Crippen molar-refractivity contribution in [1.29, 1.82) is 0 Å². The number of phosphoric ester groups is 1. The molecule has 3 aromatic rings. The molecule has 5 atom stereocenters. The minimum Gasteiger partial charge on any atom is -0.406 e. The molecule has 1 aromatic carbocycles. The topological polar surface area (TPSA) is 242 Å². The SMILES string of the molecule is O=c1ccn([C@@H]2O[C@H](COP(=O)(O)OP(=O)(O)O)[C@@H](O)[C@H]2O)c(=O)n1Cc1noc2cc(OC(F)(F)F)ccc12. The number of hydrogen-bond acceptors (Lipinski definition) is 12. The van der Waals surface area contributed by atoms with E-state index in [9.17, 15) is 47.0 Å². The van der Waals surface area contributed by atoms with Gasteiger partial charge in [-0.1, -0.05) is 5.16 Å². The van der Waals surface area contributed by atoms with E-state index in [2.05, 4.69) is 18.7 Å². The second-order valence-corrected chi connectivity index (χ2v) is 11.0. The quantitative estimate of drug-likeness (QED) is 0.197. The summed E-state index contributed by atoms with van der Waals surface area (Å²) < 4.78 is 83.2. The van der Waals surface area contributed by atoms with Crippen LogP contribution >= 0.6 is 15.6 Å². The number of ether oxygens (including phenoxy) is 2. The lowest BCUT2D eigenvalue weighted by Crippen LogP contribution is -2.43. The number of phosphoric acid groups is 2. The van der Waals surface area contributed by atoms with Crippen molar-refractivity contribution in [1.82, 2.24) is 14.3 Å². The Bertz CT molecular complexity index is 1610. The highest BCUT2D eigenvalue weighted by Gasteiger charge is 2.46. The molecule has 17 nitrogen and oxygen atoms in total. The monoisotopic (exact) mass is 619 g/mol. The number of aliphatic hydroxyl groups excluding tert-OH is 2. The number of halogens is 3. The lowest BCUT2D eigenvalue weighted by molar-refractivity contribution is -0.274. The Morgan fingerprint density at radius 2 is 1.77 bits per heavy atom. The van der Waals surface area contributed by atoms with Crippen molar-refractivity contribution in [3.05, 3.63) is 57.0 Å². The summed E-state index contributed by atoms with van der Waals surface area (Å²) in [6.07, 6.45) is -11.0. The number of hydrogen-bond donors (Lipinski definition) is 5. The average molecular weight is 619 g/mol. The predicted octanol–water partition coefficient (Wildman–Crippen LogP) is -0.0564. The number of fused-ring (bicyclic) bond motifs is 1. The minimum atomic E-state index is -5.44. The molecule has 0 bridgehead atoms. The van der Waals surface area contributed by atoms with Crippen LogP contribution in [-0.4, -0.2) is 70.5 Å². The molecule has 1 fully saturated rings. The molecule has 0 spiro atoms. The molecule has 1 aliphatic rings. The van der Waals surface area contributed by atoms with Crippen molar-refractivity contribution in [2.24, 2.45) is 0 Å². The van der Waals surface area contributed by atoms with E-state index in [0.717, 1.165) is 30.5 Å². The Labute approximate surface area is 218 Å². The molecular weight excluding hydrogens is 601 g/mol. The van der Waals surface area contributed by atoms with Crippen molar-refractivity contribution < 1.29 is 70.0 Å². The first-order chi connectivity index (χ1) is 18.4. The van der Waals surface area contributed by atoms with Gasteiger partial charge in [-0.05, 0) is 12.1 Å². The smallest absolute Gasteiger partial charge is 0.406 e. The molecule has 220 valence electrons. The van der Waals surface area contributed by atoms with Gasteiger partial charge in [0.05, 0.1) is 13.2 Å². The van der Waals surface area contributed by atoms with Crippen LogP contribution in [0.1, 0.15) is 11.9 Å². The van der Waals surface area contributed by atoms with E-state index in [1.54, 1.807) is 0 Å². The van der Waals surface area contributed by atoms with Crippen molar-refractivity contribution in [2.75, 3.05) is 6.61 Å². The zero-order valence-corrected chi connectivity index (χ0v) is 21.2. The fourth-order valence-electron chi connectivity index (χ4n) is 3.72. The summed E-state index contributed by atoms with van der Waals surface area (Å²) >= 11 is 0. The Morgan fingerprint density at radius 3 is 2.42 bits per heavy atom. The van der Waals surface area contributed by atoms with Crippen LogP contribution in [0.2, 0.25) is 0 Å². The standard InChI is InChI=1S/C18H18F3N3O14P2/c19-18(20,21)36-8-1-2-9-10(22-37-11(9)5-8)6-24-13(25)3-4-23(17(24)28)16-15(27)14(26)12(35-16)7-34-40(32,33)38-39(29,30)31/h1-5,12,14-16,26-27H,6-7H2,(H,32,33)(H2,29,30,31)/t12-,14-,15-,16-/m1/s1. The number of alkyl halides is 3. The van der Waals surface area contributed by atoms with E-state index in [-0.39, 0.29) is 16.7 Å². The minimum absolute atomic E-state index is 0.0338. The Balaban J connectivity index is 1.55. The fraction of sp³-hybridized carbons (Fsp3) is 0.389. The van der Waals surface area contributed by atoms with E-state index >= 15 is 0 Å². The zero-order valence-electron chi connectivity index (χ0n) is 19.4. The highest BCUT2D eigenvalue weighted by Crippen LogP contribution is 2.57. The normalized spacial score (nSPS) is 23.4. The Kier molecular flexibility index (Phi) is 8.14. The number of aromatic nitrogens is 3. The second-order valence-electron chi connectivity index (χ2n) is 8.15. The van der Waals surface area contributed by atoms with Crippen LogP contribution in [0, 0.1) is 0 Å². The van der Waals surface area contributed by atoms with E-state index in [1.165, 1.54) is 0 Å². The largest absolute Gasteiger partial charge is 0.573 e. The Morgan fingerprint density at radius 1 is 1.07 bits per heavy atom. The van der Waals surface area contributed by atoms with Crippen LogP contribution in [0.4, 0.5) is 13.2 Å². The van der Waals surface area contributed by atoms with Crippen LogP contribution in [0.25, 0.3) is 11.0 Å². The lowest BCUT2D eigenvalue weighted by atomic mass is 10.1. The maximum atomic E-state index is 13.1. The molecule has 1 aliphatic heterocycles. The number of rotatable bonds is 9. The van der Waals surface area contributed by atoms with Crippen LogP contribution in [0.15, 0.2) is 44.6 Å². The van der Waals surface area contributed by atoms with Gasteiger partial charge in [-0.25, -0.2) is 13.9 Å². The van der Waals surface area contributed by atoms with E-state index in [0.29, 0.717) is 9.13 Å². The molecule has 0 aliphatic carbocycles. The van der Waals surface area contributed by atoms with Gasteiger partial charge < -0.3 is 38.9 Å². The number of benzene rings is 1. The molecular formula is C18H18F3N3O14P2. The average Bonchev–Trinajstić information content (AvgIpc) is 3.33. The summed E-state index contributed by atoms with van der Waals surface area (Å²) in [5.74, 6) is -0.600. The van der Waals surface area contributed by atoms with E-state index in [1.807, 2.05) is 0 Å². The Hall–Kier alpha value is -2.90. The van der Waals surface area contributed by atoms with Gasteiger partial charge in [0.1, 0.15) is 29.8 Å². The molecule has 4 rings (SSSR count). The van der Waals surface area contributed by atoms with Gasteiger partial charge in [0.25, 0.3) is 5.56 Å². The van der Waals surface area contributed by atoms with Crippen molar-refractivity contribution in [3.8, 4) is 5.75 Å². The van der Waals surface area contributed by atoms with Crippen molar-refractivity contribution >= 4 is 26.6 Å². The maximum Gasteiger partial charge on any atom is 0.573 e. The maximum absolute atomic E-state index is 13.1. The third kappa shape index (κ3) is 6.87. The van der Waals surface area contributed by atoms with E-state index in [4.69, 9.17) is 19.0 Å². The van der Waals surface area contributed by atoms with Crippen LogP contribution in [0.5, 0.6) is 5.75 Å². The summed E-state index contributed by atoms with van der Waals surface area (Å²) in [5, 5.41) is 24.5. The number of aliphatic hydroxyl groups is 2.